The smallest absolute Gasteiger partial charge is 0.320 e. The second-order valence-electron chi connectivity index (χ2n) is 6.02. The molecule has 0 unspecified atom stereocenters. The summed E-state index contributed by atoms with van der Waals surface area (Å²) in [5.41, 5.74) is 0. The van der Waals surface area contributed by atoms with Crippen LogP contribution in [0.1, 0.15) is 20.8 Å². The molecule has 0 saturated carbocycles. The van der Waals surface area contributed by atoms with E-state index >= 15 is 0 Å². The molecule has 0 aromatic heterocycles. The van der Waals surface area contributed by atoms with Gasteiger partial charge in [0.15, 0.2) is 6.61 Å². The molecule has 7 nitrogen and oxygen atoms in total. The van der Waals surface area contributed by atoms with Crippen molar-refractivity contribution in [2.45, 2.75) is 20.8 Å². The van der Waals surface area contributed by atoms with E-state index in [0.29, 0.717) is 51.6 Å². The molecule has 0 bridgehead atoms. The maximum Gasteiger partial charge on any atom is 0.320 e. The third kappa shape index (κ3) is 5.28. The Labute approximate surface area is 155 Å². The molecule has 0 radical (unpaired) electrons. The number of rotatable bonds is 7. The summed E-state index contributed by atoms with van der Waals surface area (Å²) in [5.74, 6) is 1.35. The molecule has 26 heavy (non-hydrogen) atoms. The van der Waals surface area contributed by atoms with Gasteiger partial charge in [0.05, 0.1) is 6.61 Å². The van der Waals surface area contributed by atoms with Gasteiger partial charge in [-0.25, -0.2) is 4.79 Å². The van der Waals surface area contributed by atoms with Crippen molar-refractivity contribution in [2.75, 3.05) is 52.5 Å². The normalized spacial score (nSPS) is 14.1. The molecule has 1 aliphatic heterocycles. The van der Waals surface area contributed by atoms with Gasteiger partial charge in [-0.15, -0.1) is 0 Å². The molecule has 0 spiro atoms. The highest BCUT2D eigenvalue weighted by Crippen LogP contribution is 2.17. The average Bonchev–Trinajstić information content (AvgIpc) is 2.68. The van der Waals surface area contributed by atoms with Crippen LogP contribution in [0.15, 0.2) is 24.3 Å². The third-order valence-electron chi connectivity index (χ3n) is 4.43. The fraction of sp³-hybridized carbons (Fsp3) is 0.579. The van der Waals surface area contributed by atoms with Crippen molar-refractivity contribution in [1.29, 1.82) is 0 Å². The number of ether oxygens (including phenoxy) is 2. The first-order valence-electron chi connectivity index (χ1n) is 9.26. The number of carbonyl (C=O) groups excluding carboxylic acids is 2. The monoisotopic (exact) mass is 363 g/mol. The van der Waals surface area contributed by atoms with Gasteiger partial charge in [0, 0.05) is 39.3 Å². The first-order valence-corrected chi connectivity index (χ1v) is 9.26. The molecule has 7 heteroatoms. The summed E-state index contributed by atoms with van der Waals surface area (Å²) in [7, 11) is 0. The Hall–Kier alpha value is -2.44. The molecule has 0 atom stereocenters. The molecule has 1 aromatic rings. The Morgan fingerprint density at radius 2 is 1.38 bits per heavy atom. The number of amides is 3. The second kappa shape index (κ2) is 9.89. The van der Waals surface area contributed by atoms with Crippen LogP contribution >= 0.6 is 0 Å². The minimum absolute atomic E-state index is 0.00201. The molecule has 1 heterocycles. The van der Waals surface area contributed by atoms with E-state index in [4.69, 9.17) is 9.47 Å². The van der Waals surface area contributed by atoms with Gasteiger partial charge in [-0.2, -0.15) is 0 Å². The molecule has 144 valence electrons. The molecule has 1 aromatic carbocycles. The van der Waals surface area contributed by atoms with Crippen molar-refractivity contribution >= 4 is 11.9 Å². The fourth-order valence-electron chi connectivity index (χ4n) is 2.88. The Kier molecular flexibility index (Phi) is 7.56. The molecule has 2 rings (SSSR count). The van der Waals surface area contributed by atoms with Gasteiger partial charge in [-0.1, -0.05) is 0 Å². The van der Waals surface area contributed by atoms with E-state index in [-0.39, 0.29) is 18.5 Å². The fourth-order valence-corrected chi connectivity index (χ4v) is 2.88. The lowest BCUT2D eigenvalue weighted by molar-refractivity contribution is -0.134. The van der Waals surface area contributed by atoms with Crippen LogP contribution in [0.25, 0.3) is 0 Å². The standard InChI is InChI=1S/C19H29N3O4/c1-4-20(5-2)19(24)22-13-11-21(12-14-22)18(23)15-26-17-9-7-16(8-10-17)25-6-3/h7-10H,4-6,11-15H2,1-3H3. The highest BCUT2D eigenvalue weighted by molar-refractivity contribution is 5.79. The van der Waals surface area contributed by atoms with Gasteiger partial charge in [0.1, 0.15) is 11.5 Å². The summed E-state index contributed by atoms with van der Waals surface area (Å²) < 4.78 is 10.9. The number of benzene rings is 1. The van der Waals surface area contributed by atoms with Crippen molar-refractivity contribution in [3.63, 3.8) is 0 Å². The largest absolute Gasteiger partial charge is 0.494 e. The van der Waals surface area contributed by atoms with Gasteiger partial charge < -0.3 is 24.2 Å². The van der Waals surface area contributed by atoms with E-state index in [0.717, 1.165) is 5.75 Å². The molecule has 3 amide bonds. The Morgan fingerprint density at radius 1 is 0.885 bits per heavy atom. The van der Waals surface area contributed by atoms with Crippen molar-refractivity contribution in [3.8, 4) is 11.5 Å². The van der Waals surface area contributed by atoms with Crippen molar-refractivity contribution in [3.05, 3.63) is 24.3 Å². The summed E-state index contributed by atoms with van der Waals surface area (Å²) in [6.45, 7) is 10.1. The number of urea groups is 1. The first kappa shape index (κ1) is 19.9. The first-order chi connectivity index (χ1) is 12.6. The van der Waals surface area contributed by atoms with Crippen LogP contribution in [0.4, 0.5) is 4.79 Å². The van der Waals surface area contributed by atoms with E-state index in [9.17, 15) is 9.59 Å². The van der Waals surface area contributed by atoms with E-state index in [1.54, 1.807) is 21.9 Å². The lowest BCUT2D eigenvalue weighted by atomic mass is 10.3. The van der Waals surface area contributed by atoms with Gasteiger partial charge in [0.2, 0.25) is 0 Å². The average molecular weight is 363 g/mol. The van der Waals surface area contributed by atoms with E-state index in [1.807, 2.05) is 37.8 Å². The molecule has 0 N–H and O–H groups in total. The van der Waals surface area contributed by atoms with E-state index in [1.165, 1.54) is 0 Å². The van der Waals surface area contributed by atoms with Crippen LogP contribution in [0.2, 0.25) is 0 Å². The number of nitrogens with zero attached hydrogens (tertiary/aromatic N) is 3. The zero-order valence-electron chi connectivity index (χ0n) is 15.9. The van der Waals surface area contributed by atoms with Gasteiger partial charge in [-0.3, -0.25) is 4.79 Å². The maximum atomic E-state index is 12.3. The van der Waals surface area contributed by atoms with Crippen molar-refractivity contribution in [1.82, 2.24) is 14.7 Å². The summed E-state index contributed by atoms with van der Waals surface area (Å²) in [5, 5.41) is 0. The van der Waals surface area contributed by atoms with Crippen molar-refractivity contribution < 1.29 is 19.1 Å². The zero-order valence-corrected chi connectivity index (χ0v) is 15.9. The molecule has 1 aliphatic rings. The Morgan fingerprint density at radius 3 is 1.88 bits per heavy atom. The van der Waals surface area contributed by atoms with Crippen LogP contribution in [0.3, 0.4) is 0 Å². The number of hydrogen-bond acceptors (Lipinski definition) is 4. The molecular formula is C19H29N3O4. The number of piperazine rings is 1. The maximum absolute atomic E-state index is 12.3. The van der Waals surface area contributed by atoms with Gasteiger partial charge in [-0.05, 0) is 45.0 Å². The summed E-state index contributed by atoms with van der Waals surface area (Å²) >= 11 is 0. The van der Waals surface area contributed by atoms with E-state index in [2.05, 4.69) is 0 Å². The second-order valence-corrected chi connectivity index (χ2v) is 6.02. The third-order valence-corrected chi connectivity index (χ3v) is 4.43. The summed E-state index contributed by atoms with van der Waals surface area (Å²) in [4.78, 5) is 30.0. The molecule has 1 saturated heterocycles. The molecular weight excluding hydrogens is 334 g/mol. The lowest BCUT2D eigenvalue weighted by Gasteiger charge is -2.37. The van der Waals surface area contributed by atoms with Crippen LogP contribution < -0.4 is 9.47 Å². The predicted molar refractivity (Wildman–Crippen MR) is 99.6 cm³/mol. The summed E-state index contributed by atoms with van der Waals surface area (Å²) in [6.07, 6.45) is 0. The van der Waals surface area contributed by atoms with Crippen LogP contribution in [-0.2, 0) is 4.79 Å². The predicted octanol–water partition coefficient (Wildman–Crippen LogP) is 2.07. The minimum atomic E-state index is -0.0613. The Balaban J connectivity index is 1.76. The topological polar surface area (TPSA) is 62.3 Å². The molecule has 1 fully saturated rings. The highest BCUT2D eigenvalue weighted by atomic mass is 16.5. The van der Waals surface area contributed by atoms with Crippen molar-refractivity contribution in [2.24, 2.45) is 0 Å². The minimum Gasteiger partial charge on any atom is -0.494 e. The van der Waals surface area contributed by atoms with Gasteiger partial charge in [0.25, 0.3) is 5.91 Å². The van der Waals surface area contributed by atoms with Crippen LogP contribution in [-0.4, -0.2) is 79.1 Å². The molecule has 0 aliphatic carbocycles. The quantitative estimate of drug-likeness (QED) is 0.744. The zero-order chi connectivity index (χ0) is 18.9. The number of carbonyl (C=O) groups is 2. The summed E-state index contributed by atoms with van der Waals surface area (Å²) in [6, 6.07) is 7.27. The van der Waals surface area contributed by atoms with Gasteiger partial charge >= 0.3 is 6.03 Å². The Bertz CT molecular complexity index is 579. The lowest BCUT2D eigenvalue weighted by Crippen LogP contribution is -2.54. The van der Waals surface area contributed by atoms with Crippen LogP contribution in [0, 0.1) is 0 Å². The van der Waals surface area contributed by atoms with E-state index < -0.39 is 0 Å². The SMILES string of the molecule is CCOc1ccc(OCC(=O)N2CCN(C(=O)N(CC)CC)CC2)cc1. The number of hydrogen-bond donors (Lipinski definition) is 0. The van der Waals surface area contributed by atoms with Crippen LogP contribution in [0.5, 0.6) is 11.5 Å². The highest BCUT2D eigenvalue weighted by Gasteiger charge is 2.26.